The van der Waals surface area contributed by atoms with E-state index in [0.717, 1.165) is 21.8 Å². The predicted molar refractivity (Wildman–Crippen MR) is 81.6 cm³/mol. The highest BCUT2D eigenvalue weighted by atomic mass is 16.3. The molecule has 0 fully saturated rings. The van der Waals surface area contributed by atoms with E-state index in [1.165, 1.54) is 5.56 Å². The summed E-state index contributed by atoms with van der Waals surface area (Å²) in [4.78, 5) is 14.3. The molecule has 1 heterocycles. The van der Waals surface area contributed by atoms with E-state index >= 15 is 0 Å². The Hall–Kier alpha value is -2.29. The molecule has 0 amide bonds. The van der Waals surface area contributed by atoms with Crippen molar-refractivity contribution in [3.05, 3.63) is 41.5 Å². The number of phenols is 1. The van der Waals surface area contributed by atoms with Gasteiger partial charge in [-0.05, 0) is 29.2 Å². The van der Waals surface area contributed by atoms with Crippen molar-refractivity contribution < 1.29 is 9.90 Å². The van der Waals surface area contributed by atoms with E-state index in [0.29, 0.717) is 11.8 Å². The maximum atomic E-state index is 11.0. The Morgan fingerprint density at radius 3 is 2.40 bits per heavy atom. The first-order valence-electron chi connectivity index (χ1n) is 6.64. The number of hydrogen-bond acceptors (Lipinski definition) is 2. The van der Waals surface area contributed by atoms with Crippen LogP contribution in [-0.4, -0.2) is 16.4 Å². The number of nitrogens with one attached hydrogen (secondary N) is 1. The van der Waals surface area contributed by atoms with Crippen LogP contribution < -0.4 is 0 Å². The third-order valence-electron chi connectivity index (χ3n) is 3.74. The normalized spacial score (nSPS) is 12.2. The van der Waals surface area contributed by atoms with Crippen LogP contribution in [0.2, 0.25) is 0 Å². The van der Waals surface area contributed by atoms with Gasteiger partial charge in [-0.3, -0.25) is 4.79 Å². The quantitative estimate of drug-likeness (QED) is 0.651. The van der Waals surface area contributed by atoms with Crippen molar-refractivity contribution in [2.75, 3.05) is 0 Å². The molecule has 0 bridgehead atoms. The molecule has 1 aromatic heterocycles. The molecule has 0 spiro atoms. The Kier molecular flexibility index (Phi) is 2.61. The lowest BCUT2D eigenvalue weighted by Crippen LogP contribution is -2.10. The molecule has 102 valence electrons. The number of H-pyrrole nitrogens is 1. The van der Waals surface area contributed by atoms with E-state index in [9.17, 15) is 9.90 Å². The molecule has 20 heavy (non-hydrogen) atoms. The number of aromatic amines is 1. The van der Waals surface area contributed by atoms with Crippen molar-refractivity contribution in [2.24, 2.45) is 0 Å². The van der Waals surface area contributed by atoms with Crippen molar-refractivity contribution in [3.8, 4) is 5.75 Å². The Morgan fingerprint density at radius 2 is 1.75 bits per heavy atom. The molecule has 3 aromatic rings. The number of benzene rings is 2. The smallest absolute Gasteiger partial charge is 0.153 e. The molecule has 0 aliphatic carbocycles. The number of phenolic OH excluding ortho intramolecular Hbond substituents is 1. The van der Waals surface area contributed by atoms with Crippen molar-refractivity contribution in [1.82, 2.24) is 4.98 Å². The SMILES string of the molecule is CC(C)(C)c1ccc2[nH]c3cc(O)c(C=O)cc3c2c1. The van der Waals surface area contributed by atoms with Gasteiger partial charge in [-0.25, -0.2) is 0 Å². The van der Waals surface area contributed by atoms with Gasteiger partial charge in [-0.15, -0.1) is 0 Å². The molecule has 2 aromatic carbocycles. The molecule has 0 atom stereocenters. The van der Waals surface area contributed by atoms with Gasteiger partial charge in [-0.1, -0.05) is 26.8 Å². The summed E-state index contributed by atoms with van der Waals surface area (Å²) in [5.41, 5.74) is 3.48. The average Bonchev–Trinajstić information content (AvgIpc) is 2.72. The number of aldehydes is 1. The summed E-state index contributed by atoms with van der Waals surface area (Å²) in [6.07, 6.45) is 0.682. The summed E-state index contributed by atoms with van der Waals surface area (Å²) in [5, 5.41) is 11.8. The molecule has 3 rings (SSSR count). The minimum absolute atomic E-state index is 0.00935. The molecule has 0 saturated carbocycles. The zero-order valence-electron chi connectivity index (χ0n) is 11.8. The standard InChI is InChI=1S/C17H17NO2/c1-17(2,3)11-4-5-14-13(7-11)12-6-10(9-19)16(20)8-15(12)18-14/h4-9,18,20H,1-3H3. The van der Waals surface area contributed by atoms with Gasteiger partial charge in [0.15, 0.2) is 6.29 Å². The van der Waals surface area contributed by atoms with E-state index in [2.05, 4.69) is 37.9 Å². The van der Waals surface area contributed by atoms with Gasteiger partial charge in [0.1, 0.15) is 5.75 Å². The first-order valence-corrected chi connectivity index (χ1v) is 6.64. The largest absolute Gasteiger partial charge is 0.507 e. The predicted octanol–water partition coefficient (Wildman–Crippen LogP) is 4.14. The Balaban J connectivity index is 2.38. The third-order valence-corrected chi connectivity index (χ3v) is 3.74. The van der Waals surface area contributed by atoms with E-state index in [1.54, 1.807) is 12.1 Å². The summed E-state index contributed by atoms with van der Waals surface area (Å²) < 4.78 is 0. The van der Waals surface area contributed by atoms with Crippen molar-refractivity contribution in [3.63, 3.8) is 0 Å². The van der Waals surface area contributed by atoms with Crippen molar-refractivity contribution in [1.29, 1.82) is 0 Å². The minimum atomic E-state index is 0.00935. The first kappa shape index (κ1) is 12.7. The van der Waals surface area contributed by atoms with Crippen molar-refractivity contribution >= 4 is 28.1 Å². The maximum Gasteiger partial charge on any atom is 0.153 e. The van der Waals surface area contributed by atoms with E-state index in [1.807, 2.05) is 6.07 Å². The molecular formula is C17H17NO2. The molecule has 3 heteroatoms. The highest BCUT2D eigenvalue weighted by Gasteiger charge is 2.16. The number of aromatic hydroxyl groups is 1. The Morgan fingerprint density at radius 1 is 1.05 bits per heavy atom. The van der Waals surface area contributed by atoms with Gasteiger partial charge < -0.3 is 10.1 Å². The molecule has 0 saturated heterocycles. The zero-order chi connectivity index (χ0) is 14.5. The van der Waals surface area contributed by atoms with Crippen LogP contribution in [0.3, 0.4) is 0 Å². The topological polar surface area (TPSA) is 53.1 Å². The van der Waals surface area contributed by atoms with Gasteiger partial charge in [-0.2, -0.15) is 0 Å². The number of carbonyl (C=O) groups excluding carboxylic acids is 1. The molecule has 2 N–H and O–H groups in total. The van der Waals surface area contributed by atoms with E-state index in [-0.39, 0.29) is 11.2 Å². The van der Waals surface area contributed by atoms with Crippen LogP contribution >= 0.6 is 0 Å². The lowest BCUT2D eigenvalue weighted by Gasteiger charge is -2.18. The van der Waals surface area contributed by atoms with Crippen molar-refractivity contribution in [2.45, 2.75) is 26.2 Å². The van der Waals surface area contributed by atoms with E-state index < -0.39 is 0 Å². The van der Waals surface area contributed by atoms with Gasteiger partial charge in [0.05, 0.1) is 11.1 Å². The number of hydrogen-bond donors (Lipinski definition) is 2. The lowest BCUT2D eigenvalue weighted by atomic mass is 9.86. The minimum Gasteiger partial charge on any atom is -0.507 e. The van der Waals surface area contributed by atoms with Gasteiger partial charge >= 0.3 is 0 Å². The molecule has 3 nitrogen and oxygen atoms in total. The van der Waals surface area contributed by atoms with Crippen LogP contribution in [0.15, 0.2) is 30.3 Å². The number of aromatic nitrogens is 1. The molecule has 0 radical (unpaired) electrons. The monoisotopic (exact) mass is 267 g/mol. The highest BCUT2D eigenvalue weighted by molar-refractivity contribution is 6.09. The van der Waals surface area contributed by atoms with Crippen LogP contribution in [-0.2, 0) is 5.41 Å². The summed E-state index contributed by atoms with van der Waals surface area (Å²) in [6.45, 7) is 6.52. The third kappa shape index (κ3) is 1.86. The van der Waals surface area contributed by atoms with Gasteiger partial charge in [0.2, 0.25) is 0 Å². The number of rotatable bonds is 1. The van der Waals surface area contributed by atoms with Gasteiger partial charge in [0, 0.05) is 22.4 Å². The fraction of sp³-hybridized carbons (Fsp3) is 0.235. The van der Waals surface area contributed by atoms with E-state index in [4.69, 9.17) is 0 Å². The van der Waals surface area contributed by atoms with Gasteiger partial charge in [0.25, 0.3) is 0 Å². The summed E-state index contributed by atoms with van der Waals surface area (Å²) in [6, 6.07) is 9.66. The van der Waals surface area contributed by atoms with Crippen LogP contribution in [0.1, 0.15) is 36.7 Å². The number of fused-ring (bicyclic) bond motifs is 3. The number of carbonyl (C=O) groups is 1. The second kappa shape index (κ2) is 4.10. The molecule has 0 unspecified atom stereocenters. The summed E-state index contributed by atoms with van der Waals surface area (Å²) in [7, 11) is 0. The summed E-state index contributed by atoms with van der Waals surface area (Å²) in [5.74, 6) is 0.00935. The molecule has 0 aliphatic rings. The van der Waals surface area contributed by atoms with Crippen LogP contribution in [0, 0.1) is 0 Å². The summed E-state index contributed by atoms with van der Waals surface area (Å²) >= 11 is 0. The zero-order valence-corrected chi connectivity index (χ0v) is 11.8. The Labute approximate surface area is 117 Å². The fourth-order valence-corrected chi connectivity index (χ4v) is 2.51. The lowest BCUT2D eigenvalue weighted by molar-refractivity contribution is 0.112. The second-order valence-corrected chi connectivity index (χ2v) is 6.21. The average molecular weight is 267 g/mol. The highest BCUT2D eigenvalue weighted by Crippen LogP contribution is 2.33. The van der Waals surface area contributed by atoms with Crippen LogP contribution in [0.5, 0.6) is 5.75 Å². The van der Waals surface area contributed by atoms with Crippen LogP contribution in [0.25, 0.3) is 21.8 Å². The van der Waals surface area contributed by atoms with Crippen LogP contribution in [0.4, 0.5) is 0 Å². The fourth-order valence-electron chi connectivity index (χ4n) is 2.51. The second-order valence-electron chi connectivity index (χ2n) is 6.21. The Bertz CT molecular complexity index is 822. The molecular weight excluding hydrogens is 250 g/mol. The maximum absolute atomic E-state index is 11.0. The molecule has 0 aliphatic heterocycles. The first-order chi connectivity index (χ1) is 9.40.